The molecule has 1 heterocycles. The molecule has 2 N–H and O–H groups in total. The summed E-state index contributed by atoms with van der Waals surface area (Å²) in [4.78, 5) is 0. The van der Waals surface area contributed by atoms with Crippen molar-refractivity contribution < 1.29 is 13.5 Å². The number of aliphatic hydroxyl groups excluding tert-OH is 1. The number of nitrogens with one attached hydrogen (secondary N) is 1. The molecule has 2 rings (SSSR count). The van der Waals surface area contributed by atoms with Gasteiger partial charge in [-0.05, 0) is 37.1 Å². The van der Waals surface area contributed by atoms with Gasteiger partial charge in [0.05, 0.1) is 11.9 Å². The Bertz CT molecular complexity index is 466. The van der Waals surface area contributed by atoms with Gasteiger partial charge in [0.15, 0.2) is 9.84 Å². The van der Waals surface area contributed by atoms with E-state index < -0.39 is 15.9 Å². The van der Waals surface area contributed by atoms with Gasteiger partial charge in [0.1, 0.15) is 4.21 Å². The molecule has 102 valence electrons. The molecule has 0 spiro atoms. The molecule has 1 fully saturated rings. The summed E-state index contributed by atoms with van der Waals surface area (Å²) >= 11 is 1.19. The van der Waals surface area contributed by atoms with Crippen molar-refractivity contribution in [1.82, 2.24) is 5.32 Å². The largest absolute Gasteiger partial charge is 0.391 e. The molecular weight excluding hydrogens is 270 g/mol. The highest BCUT2D eigenvalue weighted by atomic mass is 32.2. The molecule has 0 aromatic carbocycles. The van der Waals surface area contributed by atoms with Gasteiger partial charge < -0.3 is 10.4 Å². The van der Waals surface area contributed by atoms with Crippen LogP contribution in [0, 0.1) is 5.92 Å². The van der Waals surface area contributed by atoms with Crippen LogP contribution in [-0.2, 0) is 9.84 Å². The first-order chi connectivity index (χ1) is 8.49. The summed E-state index contributed by atoms with van der Waals surface area (Å²) in [6.07, 6.45) is 1.62. The Morgan fingerprint density at radius 2 is 2.28 bits per heavy atom. The fraction of sp³-hybridized carbons (Fsp3) is 0.667. The minimum absolute atomic E-state index is 0.210. The van der Waals surface area contributed by atoms with Crippen molar-refractivity contribution in [1.29, 1.82) is 0 Å². The van der Waals surface area contributed by atoms with E-state index in [-0.39, 0.29) is 5.75 Å². The van der Waals surface area contributed by atoms with Crippen molar-refractivity contribution in [3.05, 3.63) is 17.5 Å². The van der Waals surface area contributed by atoms with Crippen LogP contribution in [0.25, 0.3) is 0 Å². The van der Waals surface area contributed by atoms with Crippen molar-refractivity contribution in [3.8, 4) is 0 Å². The fourth-order valence-corrected chi connectivity index (χ4v) is 4.40. The average Bonchev–Trinajstić information content (AvgIpc) is 2.99. The predicted octanol–water partition coefficient (Wildman–Crippen LogP) is 1.27. The zero-order chi connectivity index (χ0) is 13.2. The predicted molar refractivity (Wildman–Crippen MR) is 72.6 cm³/mol. The zero-order valence-electron chi connectivity index (χ0n) is 10.4. The second kappa shape index (κ2) is 5.69. The van der Waals surface area contributed by atoms with Crippen molar-refractivity contribution in [2.75, 3.05) is 12.3 Å². The second-order valence-electron chi connectivity index (χ2n) is 4.90. The average molecular weight is 289 g/mol. The molecule has 0 aliphatic heterocycles. The summed E-state index contributed by atoms with van der Waals surface area (Å²) in [6.45, 7) is 2.42. The molecule has 1 aliphatic carbocycles. The molecule has 1 aliphatic rings. The normalized spacial score (nSPS) is 19.7. The lowest BCUT2D eigenvalue weighted by Crippen LogP contribution is -2.38. The topological polar surface area (TPSA) is 66.4 Å². The van der Waals surface area contributed by atoms with Crippen LogP contribution in [0.2, 0.25) is 0 Å². The van der Waals surface area contributed by atoms with Gasteiger partial charge in [-0.25, -0.2) is 8.42 Å². The van der Waals surface area contributed by atoms with Gasteiger partial charge in [-0.2, -0.15) is 0 Å². The molecular formula is C12H19NO3S2. The van der Waals surface area contributed by atoms with Crippen LogP contribution in [-0.4, -0.2) is 38.0 Å². The van der Waals surface area contributed by atoms with E-state index in [1.54, 1.807) is 17.5 Å². The van der Waals surface area contributed by atoms with Crippen LogP contribution in [0.3, 0.4) is 0 Å². The fourth-order valence-electron chi connectivity index (χ4n) is 1.92. The lowest BCUT2D eigenvalue weighted by molar-refractivity contribution is 0.187. The SMILES string of the molecule is CC(NCC(O)CS(=O)(=O)c1cccs1)C1CC1. The first-order valence-electron chi connectivity index (χ1n) is 6.17. The smallest absolute Gasteiger partial charge is 0.190 e. The van der Waals surface area contributed by atoms with E-state index in [0.717, 1.165) is 0 Å². The molecule has 1 aromatic rings. The first-order valence-corrected chi connectivity index (χ1v) is 8.70. The number of hydrogen-bond acceptors (Lipinski definition) is 5. The van der Waals surface area contributed by atoms with E-state index in [1.165, 1.54) is 24.2 Å². The Labute approximate surface area is 112 Å². The van der Waals surface area contributed by atoms with Gasteiger partial charge in [-0.15, -0.1) is 11.3 Å². The number of rotatable bonds is 7. The lowest BCUT2D eigenvalue weighted by Gasteiger charge is -2.16. The summed E-state index contributed by atoms with van der Waals surface area (Å²) in [5.41, 5.74) is 0. The summed E-state index contributed by atoms with van der Waals surface area (Å²) in [5.74, 6) is 0.490. The lowest BCUT2D eigenvalue weighted by atomic mass is 10.2. The third kappa shape index (κ3) is 3.78. The molecule has 2 atom stereocenters. The standard InChI is InChI=1S/C12H19NO3S2/c1-9(10-4-5-10)13-7-11(14)8-18(15,16)12-3-2-6-17-12/h2-3,6,9-11,13-14H,4-5,7-8H2,1H3. The highest BCUT2D eigenvalue weighted by Crippen LogP contribution is 2.32. The minimum Gasteiger partial charge on any atom is -0.391 e. The maximum Gasteiger partial charge on any atom is 0.190 e. The van der Waals surface area contributed by atoms with Crippen LogP contribution in [0.5, 0.6) is 0 Å². The Hall–Kier alpha value is -0.430. The van der Waals surface area contributed by atoms with Crippen LogP contribution >= 0.6 is 11.3 Å². The van der Waals surface area contributed by atoms with E-state index in [0.29, 0.717) is 22.7 Å². The monoisotopic (exact) mass is 289 g/mol. The van der Waals surface area contributed by atoms with Gasteiger partial charge >= 0.3 is 0 Å². The summed E-state index contributed by atoms with van der Waals surface area (Å²) in [5, 5.41) is 14.7. The molecule has 6 heteroatoms. The number of thiophene rings is 1. The van der Waals surface area contributed by atoms with Gasteiger partial charge in [0, 0.05) is 12.6 Å². The Balaban J connectivity index is 1.81. The number of hydrogen-bond donors (Lipinski definition) is 2. The van der Waals surface area contributed by atoms with E-state index >= 15 is 0 Å². The second-order valence-corrected chi connectivity index (χ2v) is 8.11. The maximum atomic E-state index is 11.9. The molecule has 0 amide bonds. The first kappa shape index (κ1) is 14.0. The highest BCUT2D eigenvalue weighted by Gasteiger charge is 2.28. The summed E-state index contributed by atoms with van der Waals surface area (Å²) in [6, 6.07) is 3.65. The van der Waals surface area contributed by atoms with Crippen LogP contribution < -0.4 is 5.32 Å². The third-order valence-corrected chi connectivity index (χ3v) is 6.50. The maximum absolute atomic E-state index is 11.9. The quantitative estimate of drug-likeness (QED) is 0.793. The van der Waals surface area contributed by atoms with Crippen LogP contribution in [0.15, 0.2) is 21.7 Å². The van der Waals surface area contributed by atoms with E-state index in [9.17, 15) is 13.5 Å². The zero-order valence-corrected chi connectivity index (χ0v) is 12.0. The molecule has 2 unspecified atom stereocenters. The molecule has 4 nitrogen and oxygen atoms in total. The summed E-state index contributed by atoms with van der Waals surface area (Å²) < 4.78 is 24.2. The van der Waals surface area contributed by atoms with Crippen molar-refractivity contribution in [2.45, 2.75) is 36.1 Å². The molecule has 0 saturated heterocycles. The summed E-state index contributed by atoms with van der Waals surface area (Å²) in [7, 11) is -3.34. The van der Waals surface area contributed by atoms with Crippen LogP contribution in [0.1, 0.15) is 19.8 Å². The molecule has 0 bridgehead atoms. The molecule has 1 aromatic heterocycles. The third-order valence-electron chi connectivity index (χ3n) is 3.22. The van der Waals surface area contributed by atoms with E-state index in [4.69, 9.17) is 0 Å². The Morgan fingerprint density at radius 3 is 2.83 bits per heavy atom. The highest BCUT2D eigenvalue weighted by molar-refractivity contribution is 7.93. The van der Waals surface area contributed by atoms with E-state index in [2.05, 4.69) is 12.2 Å². The van der Waals surface area contributed by atoms with Crippen molar-refractivity contribution in [3.63, 3.8) is 0 Å². The van der Waals surface area contributed by atoms with Crippen LogP contribution in [0.4, 0.5) is 0 Å². The number of aliphatic hydroxyl groups is 1. The Morgan fingerprint density at radius 1 is 1.56 bits per heavy atom. The van der Waals surface area contributed by atoms with E-state index in [1.807, 2.05) is 0 Å². The Kier molecular flexibility index (Phi) is 4.42. The van der Waals surface area contributed by atoms with Crippen molar-refractivity contribution >= 4 is 21.2 Å². The molecule has 18 heavy (non-hydrogen) atoms. The number of sulfone groups is 1. The molecule has 0 radical (unpaired) electrons. The van der Waals surface area contributed by atoms with Gasteiger partial charge in [0.25, 0.3) is 0 Å². The van der Waals surface area contributed by atoms with Crippen molar-refractivity contribution in [2.24, 2.45) is 5.92 Å². The minimum atomic E-state index is -3.34. The molecule has 1 saturated carbocycles. The van der Waals surface area contributed by atoms with Gasteiger partial charge in [-0.1, -0.05) is 6.07 Å². The van der Waals surface area contributed by atoms with Gasteiger partial charge in [0.2, 0.25) is 0 Å². The van der Waals surface area contributed by atoms with Gasteiger partial charge in [-0.3, -0.25) is 0 Å².